The van der Waals surface area contributed by atoms with Gasteiger partial charge in [-0.25, -0.2) is 4.98 Å². The first-order valence-electron chi connectivity index (χ1n) is 7.31. The van der Waals surface area contributed by atoms with Gasteiger partial charge in [-0.3, -0.25) is 0 Å². The summed E-state index contributed by atoms with van der Waals surface area (Å²) in [5.74, 6) is 2.49. The Hall–Kier alpha value is -1.61. The molecule has 1 heterocycles. The molecular formula is C17H21ClN2O. The van der Waals surface area contributed by atoms with Gasteiger partial charge in [0.15, 0.2) is 0 Å². The fourth-order valence-electron chi connectivity index (χ4n) is 2.31. The van der Waals surface area contributed by atoms with Crippen LogP contribution in [-0.4, -0.2) is 9.97 Å². The van der Waals surface area contributed by atoms with E-state index in [0.717, 1.165) is 24.4 Å². The normalized spacial score (nSPS) is 11.0. The topological polar surface area (TPSA) is 35.0 Å². The molecule has 0 saturated carbocycles. The number of nitrogens with zero attached hydrogens (tertiary/aromatic N) is 2. The van der Waals surface area contributed by atoms with Crippen molar-refractivity contribution in [2.24, 2.45) is 0 Å². The average Bonchev–Trinajstić information content (AvgIpc) is 2.37. The van der Waals surface area contributed by atoms with Crippen molar-refractivity contribution in [3.8, 4) is 11.6 Å². The van der Waals surface area contributed by atoms with E-state index < -0.39 is 0 Å². The molecule has 0 aliphatic carbocycles. The van der Waals surface area contributed by atoms with Crippen LogP contribution in [0.5, 0.6) is 11.6 Å². The zero-order valence-electron chi connectivity index (χ0n) is 13.0. The van der Waals surface area contributed by atoms with E-state index in [9.17, 15) is 0 Å². The van der Waals surface area contributed by atoms with Gasteiger partial charge in [-0.05, 0) is 42.5 Å². The van der Waals surface area contributed by atoms with Crippen molar-refractivity contribution in [2.75, 3.05) is 0 Å². The minimum absolute atomic E-state index is 0.416. The van der Waals surface area contributed by atoms with Crippen molar-refractivity contribution in [1.29, 1.82) is 0 Å². The number of hydrogen-bond donors (Lipinski definition) is 0. The van der Waals surface area contributed by atoms with Crippen LogP contribution in [0.1, 0.15) is 50.1 Å². The molecule has 0 fully saturated rings. The Kier molecular flexibility index (Phi) is 5.18. The predicted octanol–water partition coefficient (Wildman–Crippen LogP) is 5.31. The first-order valence-corrected chi connectivity index (χ1v) is 7.69. The summed E-state index contributed by atoms with van der Waals surface area (Å²) in [4.78, 5) is 8.58. The molecule has 0 radical (unpaired) electrons. The van der Waals surface area contributed by atoms with E-state index in [1.54, 1.807) is 6.07 Å². The molecule has 0 N–H and O–H groups in total. The lowest BCUT2D eigenvalue weighted by Crippen LogP contribution is -1.98. The van der Waals surface area contributed by atoms with Gasteiger partial charge in [0.25, 0.3) is 0 Å². The highest BCUT2D eigenvalue weighted by atomic mass is 35.5. The van der Waals surface area contributed by atoms with Crippen LogP contribution in [0.4, 0.5) is 0 Å². The number of aromatic nitrogens is 2. The van der Waals surface area contributed by atoms with Gasteiger partial charge in [-0.15, -0.1) is 0 Å². The quantitative estimate of drug-likeness (QED) is 0.702. The van der Waals surface area contributed by atoms with Crippen LogP contribution in [0.2, 0.25) is 5.15 Å². The Morgan fingerprint density at radius 3 is 2.57 bits per heavy atom. The van der Waals surface area contributed by atoms with E-state index >= 15 is 0 Å². The Bertz CT molecular complexity index is 626. The number of ether oxygens (including phenoxy) is 1. The molecule has 0 bridgehead atoms. The van der Waals surface area contributed by atoms with Crippen molar-refractivity contribution in [3.05, 3.63) is 46.4 Å². The van der Waals surface area contributed by atoms with Crippen LogP contribution in [0.25, 0.3) is 0 Å². The zero-order valence-corrected chi connectivity index (χ0v) is 13.7. The van der Waals surface area contributed by atoms with Gasteiger partial charge in [0.05, 0.1) is 0 Å². The molecule has 2 rings (SSSR count). The van der Waals surface area contributed by atoms with Crippen molar-refractivity contribution < 1.29 is 4.74 Å². The van der Waals surface area contributed by atoms with Gasteiger partial charge in [0, 0.05) is 12.5 Å². The van der Waals surface area contributed by atoms with Crippen molar-refractivity contribution >= 4 is 11.6 Å². The maximum atomic E-state index is 6.02. The summed E-state index contributed by atoms with van der Waals surface area (Å²) in [5, 5.41) is 0.416. The van der Waals surface area contributed by atoms with E-state index in [0.29, 0.717) is 17.0 Å². The number of halogens is 1. The van der Waals surface area contributed by atoms with Gasteiger partial charge in [0.1, 0.15) is 16.7 Å². The standard InChI is InChI=1S/C17H21ClN2O/c1-5-6-16-19-15(18)10-17(20-16)21-13-7-8-14(11(2)3)12(4)9-13/h7-11H,5-6H2,1-4H3. The molecule has 0 amide bonds. The number of benzene rings is 1. The summed E-state index contributed by atoms with van der Waals surface area (Å²) < 4.78 is 5.83. The molecule has 2 aromatic rings. The lowest BCUT2D eigenvalue weighted by molar-refractivity contribution is 0.457. The fraction of sp³-hybridized carbons (Fsp3) is 0.412. The minimum Gasteiger partial charge on any atom is -0.439 e. The van der Waals surface area contributed by atoms with Crippen LogP contribution in [0.3, 0.4) is 0 Å². The van der Waals surface area contributed by atoms with Gasteiger partial charge >= 0.3 is 0 Å². The molecule has 21 heavy (non-hydrogen) atoms. The highest BCUT2D eigenvalue weighted by molar-refractivity contribution is 6.29. The molecule has 1 aromatic carbocycles. The van der Waals surface area contributed by atoms with Crippen LogP contribution in [-0.2, 0) is 6.42 Å². The minimum atomic E-state index is 0.416. The maximum Gasteiger partial charge on any atom is 0.224 e. The third kappa shape index (κ3) is 4.18. The van der Waals surface area contributed by atoms with E-state index in [1.807, 2.05) is 12.1 Å². The molecule has 0 unspecified atom stereocenters. The summed E-state index contributed by atoms with van der Waals surface area (Å²) in [6.45, 7) is 8.55. The summed E-state index contributed by atoms with van der Waals surface area (Å²) >= 11 is 6.02. The molecule has 0 aliphatic rings. The largest absolute Gasteiger partial charge is 0.439 e. The van der Waals surface area contributed by atoms with E-state index in [1.165, 1.54) is 11.1 Å². The summed E-state index contributed by atoms with van der Waals surface area (Å²) in [6.07, 6.45) is 1.77. The van der Waals surface area contributed by atoms with E-state index in [-0.39, 0.29) is 0 Å². The molecule has 0 aliphatic heterocycles. The molecular weight excluding hydrogens is 284 g/mol. The highest BCUT2D eigenvalue weighted by Crippen LogP contribution is 2.27. The van der Waals surface area contributed by atoms with E-state index in [2.05, 4.69) is 43.7 Å². The predicted molar refractivity (Wildman–Crippen MR) is 86.4 cm³/mol. The monoisotopic (exact) mass is 304 g/mol. The highest BCUT2D eigenvalue weighted by Gasteiger charge is 2.08. The lowest BCUT2D eigenvalue weighted by atomic mass is 9.98. The van der Waals surface area contributed by atoms with Crippen LogP contribution >= 0.6 is 11.6 Å². The Balaban J connectivity index is 2.23. The second-order valence-corrected chi connectivity index (χ2v) is 5.86. The summed E-state index contributed by atoms with van der Waals surface area (Å²) in [6, 6.07) is 7.75. The van der Waals surface area contributed by atoms with E-state index in [4.69, 9.17) is 16.3 Å². The molecule has 0 spiro atoms. The van der Waals surface area contributed by atoms with Gasteiger partial charge in [-0.2, -0.15) is 4.98 Å². The van der Waals surface area contributed by atoms with Gasteiger partial charge < -0.3 is 4.74 Å². The lowest BCUT2D eigenvalue weighted by Gasteiger charge is -2.12. The number of hydrogen-bond acceptors (Lipinski definition) is 3. The summed E-state index contributed by atoms with van der Waals surface area (Å²) in [7, 11) is 0. The first-order chi connectivity index (χ1) is 9.99. The molecule has 112 valence electrons. The summed E-state index contributed by atoms with van der Waals surface area (Å²) in [5.41, 5.74) is 2.55. The van der Waals surface area contributed by atoms with Crippen molar-refractivity contribution in [1.82, 2.24) is 9.97 Å². The van der Waals surface area contributed by atoms with Crippen molar-refractivity contribution in [3.63, 3.8) is 0 Å². The second kappa shape index (κ2) is 6.90. The zero-order chi connectivity index (χ0) is 15.4. The first kappa shape index (κ1) is 15.8. The van der Waals surface area contributed by atoms with Crippen LogP contribution < -0.4 is 4.74 Å². The molecule has 0 atom stereocenters. The maximum absolute atomic E-state index is 6.02. The fourth-order valence-corrected chi connectivity index (χ4v) is 2.50. The van der Waals surface area contributed by atoms with Gasteiger partial charge in [-0.1, -0.05) is 38.4 Å². The Labute approximate surface area is 131 Å². The van der Waals surface area contributed by atoms with Crippen LogP contribution in [0.15, 0.2) is 24.3 Å². The third-order valence-electron chi connectivity index (χ3n) is 3.28. The molecule has 0 saturated heterocycles. The SMILES string of the molecule is CCCc1nc(Cl)cc(Oc2ccc(C(C)C)c(C)c2)n1. The van der Waals surface area contributed by atoms with Crippen molar-refractivity contribution in [2.45, 2.75) is 46.5 Å². The van der Waals surface area contributed by atoms with Crippen LogP contribution in [0, 0.1) is 6.92 Å². The smallest absolute Gasteiger partial charge is 0.224 e. The Morgan fingerprint density at radius 2 is 1.95 bits per heavy atom. The Morgan fingerprint density at radius 1 is 1.19 bits per heavy atom. The number of aryl methyl sites for hydroxylation is 2. The molecule has 4 heteroatoms. The molecule has 1 aromatic heterocycles. The number of rotatable bonds is 5. The second-order valence-electron chi connectivity index (χ2n) is 5.47. The third-order valence-corrected chi connectivity index (χ3v) is 3.47. The average molecular weight is 305 g/mol. The van der Waals surface area contributed by atoms with Gasteiger partial charge in [0.2, 0.25) is 5.88 Å². The molecule has 3 nitrogen and oxygen atoms in total.